The van der Waals surface area contributed by atoms with E-state index in [0.717, 1.165) is 4.47 Å². The van der Waals surface area contributed by atoms with E-state index in [4.69, 9.17) is 5.26 Å². The third-order valence-corrected chi connectivity index (χ3v) is 3.37. The van der Waals surface area contributed by atoms with Crippen LogP contribution in [0.3, 0.4) is 0 Å². The fourth-order valence-corrected chi connectivity index (χ4v) is 2.24. The lowest BCUT2D eigenvalue weighted by molar-refractivity contribution is -0.385. The number of hydrogen-bond donors (Lipinski definition) is 1. The lowest BCUT2D eigenvalue weighted by Gasteiger charge is -2.05. The number of nitrogens with one attached hydrogen (secondary N) is 1. The number of carbonyl (C=O) groups excluding carboxylic acids is 1. The maximum absolute atomic E-state index is 12.2. The molecule has 114 valence electrons. The van der Waals surface area contributed by atoms with Crippen molar-refractivity contribution in [2.24, 2.45) is 0 Å². The molecule has 0 aromatic heterocycles. The van der Waals surface area contributed by atoms with Crippen LogP contribution in [0.15, 0.2) is 58.6 Å². The average Bonchev–Trinajstić information content (AvgIpc) is 2.52. The van der Waals surface area contributed by atoms with Gasteiger partial charge in [0.1, 0.15) is 11.6 Å². The molecular formula is C16H10BrN3O3. The van der Waals surface area contributed by atoms with Crippen molar-refractivity contribution >= 4 is 39.3 Å². The minimum Gasteiger partial charge on any atom is -0.321 e. The standard InChI is InChI=1S/C16H10BrN3O3/c17-13-5-3-6-14(9-13)19-16(21)12(10-18)8-11-4-1-2-7-15(11)20(22)23/h1-9H,(H,19,21)/b12-8+. The highest BCUT2D eigenvalue weighted by Crippen LogP contribution is 2.21. The first kappa shape index (κ1) is 16.4. The summed E-state index contributed by atoms with van der Waals surface area (Å²) in [5.74, 6) is -0.635. The Hall–Kier alpha value is -2.98. The summed E-state index contributed by atoms with van der Waals surface area (Å²) < 4.78 is 0.775. The van der Waals surface area contributed by atoms with Gasteiger partial charge in [-0.15, -0.1) is 0 Å². The minimum atomic E-state index is -0.635. The summed E-state index contributed by atoms with van der Waals surface area (Å²) in [4.78, 5) is 22.6. The van der Waals surface area contributed by atoms with E-state index in [1.54, 1.807) is 36.4 Å². The lowest BCUT2D eigenvalue weighted by atomic mass is 10.1. The quantitative estimate of drug-likeness (QED) is 0.381. The Morgan fingerprint density at radius 2 is 2.00 bits per heavy atom. The Morgan fingerprint density at radius 3 is 2.65 bits per heavy atom. The molecule has 2 aromatic rings. The fraction of sp³-hybridized carbons (Fsp3) is 0. The van der Waals surface area contributed by atoms with E-state index < -0.39 is 10.8 Å². The van der Waals surface area contributed by atoms with E-state index in [9.17, 15) is 14.9 Å². The third kappa shape index (κ3) is 4.25. The van der Waals surface area contributed by atoms with Crippen molar-refractivity contribution in [2.75, 3.05) is 5.32 Å². The highest BCUT2D eigenvalue weighted by atomic mass is 79.9. The van der Waals surface area contributed by atoms with Gasteiger partial charge < -0.3 is 5.32 Å². The highest BCUT2D eigenvalue weighted by Gasteiger charge is 2.15. The van der Waals surface area contributed by atoms with Gasteiger partial charge in [-0.2, -0.15) is 5.26 Å². The van der Waals surface area contributed by atoms with E-state index in [1.165, 1.54) is 24.3 Å². The maximum atomic E-state index is 12.2. The molecule has 0 bridgehead atoms. The van der Waals surface area contributed by atoms with Crippen LogP contribution in [0, 0.1) is 21.4 Å². The predicted molar refractivity (Wildman–Crippen MR) is 89.5 cm³/mol. The number of carbonyl (C=O) groups is 1. The smallest absolute Gasteiger partial charge is 0.276 e. The fourth-order valence-electron chi connectivity index (χ4n) is 1.84. The van der Waals surface area contributed by atoms with Crippen LogP contribution in [0.2, 0.25) is 0 Å². The molecule has 0 fully saturated rings. The molecule has 2 aromatic carbocycles. The zero-order valence-corrected chi connectivity index (χ0v) is 13.3. The molecule has 0 aliphatic rings. The number of para-hydroxylation sites is 1. The van der Waals surface area contributed by atoms with Crippen molar-refractivity contribution in [3.05, 3.63) is 74.3 Å². The predicted octanol–water partition coefficient (Wildman–Crippen LogP) is 3.90. The van der Waals surface area contributed by atoms with Crippen molar-refractivity contribution in [3.8, 4) is 6.07 Å². The van der Waals surface area contributed by atoms with Gasteiger partial charge in [-0.3, -0.25) is 14.9 Å². The zero-order chi connectivity index (χ0) is 16.8. The molecule has 0 aliphatic carbocycles. The van der Waals surface area contributed by atoms with Gasteiger partial charge in [0, 0.05) is 16.2 Å². The van der Waals surface area contributed by atoms with Gasteiger partial charge in [0.15, 0.2) is 0 Å². The number of nitro benzene ring substituents is 1. The molecule has 0 radical (unpaired) electrons. The van der Waals surface area contributed by atoms with Crippen LogP contribution in [-0.4, -0.2) is 10.8 Å². The molecule has 0 atom stereocenters. The molecule has 7 heteroatoms. The third-order valence-electron chi connectivity index (χ3n) is 2.88. The van der Waals surface area contributed by atoms with Gasteiger partial charge in [0.25, 0.3) is 11.6 Å². The number of halogens is 1. The first-order chi connectivity index (χ1) is 11.0. The van der Waals surface area contributed by atoms with E-state index in [2.05, 4.69) is 21.2 Å². The van der Waals surface area contributed by atoms with Gasteiger partial charge in [-0.05, 0) is 30.3 Å². The topological polar surface area (TPSA) is 96.0 Å². The first-order valence-corrected chi connectivity index (χ1v) is 7.22. The normalized spacial score (nSPS) is 10.7. The molecular weight excluding hydrogens is 362 g/mol. The summed E-state index contributed by atoms with van der Waals surface area (Å²) in [6.07, 6.45) is 1.20. The molecule has 0 heterocycles. The molecule has 1 amide bonds. The zero-order valence-electron chi connectivity index (χ0n) is 11.7. The number of rotatable bonds is 4. The number of nitrogens with zero attached hydrogens (tertiary/aromatic N) is 2. The van der Waals surface area contributed by atoms with Crippen LogP contribution < -0.4 is 5.32 Å². The number of anilines is 1. The van der Waals surface area contributed by atoms with E-state index in [-0.39, 0.29) is 16.8 Å². The van der Waals surface area contributed by atoms with Gasteiger partial charge in [-0.1, -0.05) is 34.1 Å². The molecule has 23 heavy (non-hydrogen) atoms. The molecule has 0 saturated carbocycles. The second kappa shape index (κ2) is 7.33. The molecule has 2 rings (SSSR count). The van der Waals surface area contributed by atoms with E-state index >= 15 is 0 Å². The van der Waals surface area contributed by atoms with Gasteiger partial charge >= 0.3 is 0 Å². The molecule has 0 spiro atoms. The van der Waals surface area contributed by atoms with E-state index in [0.29, 0.717) is 5.69 Å². The second-order valence-corrected chi connectivity index (χ2v) is 5.37. The summed E-state index contributed by atoms with van der Waals surface area (Å²) in [6, 6.07) is 14.5. The minimum absolute atomic E-state index is 0.171. The summed E-state index contributed by atoms with van der Waals surface area (Å²) in [6.45, 7) is 0. The van der Waals surface area contributed by atoms with Crippen LogP contribution in [0.4, 0.5) is 11.4 Å². The van der Waals surface area contributed by atoms with Crippen molar-refractivity contribution in [2.45, 2.75) is 0 Å². The van der Waals surface area contributed by atoms with Crippen molar-refractivity contribution < 1.29 is 9.72 Å². The van der Waals surface area contributed by atoms with Crippen LogP contribution in [0.25, 0.3) is 6.08 Å². The number of benzene rings is 2. The summed E-state index contributed by atoms with van der Waals surface area (Å²) in [5.41, 5.74) is 0.307. The van der Waals surface area contributed by atoms with Crippen LogP contribution in [0.1, 0.15) is 5.56 Å². The van der Waals surface area contributed by atoms with E-state index in [1.807, 2.05) is 0 Å². The van der Waals surface area contributed by atoms with Crippen molar-refractivity contribution in [3.63, 3.8) is 0 Å². The summed E-state index contributed by atoms with van der Waals surface area (Å²) in [7, 11) is 0. The van der Waals surface area contributed by atoms with Gasteiger partial charge in [0.2, 0.25) is 0 Å². The Bertz CT molecular complexity index is 840. The van der Waals surface area contributed by atoms with Gasteiger partial charge in [-0.25, -0.2) is 0 Å². The molecule has 0 aliphatic heterocycles. The average molecular weight is 372 g/mol. The van der Waals surface area contributed by atoms with Crippen LogP contribution in [-0.2, 0) is 4.79 Å². The molecule has 6 nitrogen and oxygen atoms in total. The Morgan fingerprint density at radius 1 is 1.26 bits per heavy atom. The summed E-state index contributed by atoms with van der Waals surface area (Å²) in [5, 5.41) is 22.7. The largest absolute Gasteiger partial charge is 0.321 e. The second-order valence-electron chi connectivity index (χ2n) is 4.45. The summed E-state index contributed by atoms with van der Waals surface area (Å²) >= 11 is 3.28. The molecule has 1 N–H and O–H groups in total. The number of amides is 1. The van der Waals surface area contributed by atoms with Gasteiger partial charge in [0.05, 0.1) is 10.5 Å². The first-order valence-electron chi connectivity index (χ1n) is 6.43. The monoisotopic (exact) mass is 371 g/mol. The van der Waals surface area contributed by atoms with Crippen LogP contribution in [0.5, 0.6) is 0 Å². The van der Waals surface area contributed by atoms with Crippen molar-refractivity contribution in [1.29, 1.82) is 5.26 Å². The molecule has 0 saturated heterocycles. The highest BCUT2D eigenvalue weighted by molar-refractivity contribution is 9.10. The Balaban J connectivity index is 2.31. The lowest BCUT2D eigenvalue weighted by Crippen LogP contribution is -2.13. The van der Waals surface area contributed by atoms with Crippen molar-refractivity contribution in [1.82, 2.24) is 0 Å². The molecule has 0 unspecified atom stereocenters. The SMILES string of the molecule is N#C/C(=C\c1ccccc1[N+](=O)[O-])C(=O)Nc1cccc(Br)c1. The Kier molecular flexibility index (Phi) is 5.23. The van der Waals surface area contributed by atoms with Crippen LogP contribution >= 0.6 is 15.9 Å². The Labute approximate surface area is 140 Å². The number of nitro groups is 1. The maximum Gasteiger partial charge on any atom is 0.276 e. The number of nitriles is 1. The number of hydrogen-bond acceptors (Lipinski definition) is 4.